The summed E-state index contributed by atoms with van der Waals surface area (Å²) in [4.78, 5) is 12.4. The molecule has 1 heterocycles. The first-order valence-corrected chi connectivity index (χ1v) is 10.5. The van der Waals surface area contributed by atoms with Gasteiger partial charge in [-0.05, 0) is 43.3 Å². The molecule has 1 aromatic heterocycles. The zero-order chi connectivity index (χ0) is 15.1. The van der Waals surface area contributed by atoms with Gasteiger partial charge in [-0.3, -0.25) is 4.79 Å². The Morgan fingerprint density at radius 1 is 1.20 bits per heavy atom. The van der Waals surface area contributed by atoms with Crippen LogP contribution in [-0.4, -0.2) is 14.6 Å². The van der Waals surface area contributed by atoms with E-state index in [1.54, 1.807) is 11.3 Å². The number of fused-ring (bicyclic) bond motifs is 1. The Labute approximate surface area is 125 Å². The second kappa shape index (κ2) is 5.01. The molecule has 0 saturated carbocycles. The molecule has 2 rings (SSSR count). The van der Waals surface area contributed by atoms with Crippen molar-refractivity contribution < 1.29 is 9.22 Å². The average molecular weight is 307 g/mol. The van der Waals surface area contributed by atoms with Crippen molar-refractivity contribution in [1.29, 1.82) is 0 Å². The molecule has 0 N–H and O–H groups in total. The summed E-state index contributed by atoms with van der Waals surface area (Å²) in [5.74, 6) is 0.862. The van der Waals surface area contributed by atoms with Gasteiger partial charge in [-0.1, -0.05) is 20.8 Å². The quantitative estimate of drug-likeness (QED) is 0.560. The fraction of sp³-hybridized carbons (Fsp3) is 0.438. The van der Waals surface area contributed by atoms with E-state index in [4.69, 9.17) is 4.43 Å². The van der Waals surface area contributed by atoms with Gasteiger partial charge >= 0.3 is 0 Å². The van der Waals surface area contributed by atoms with Gasteiger partial charge in [0.1, 0.15) is 12.0 Å². The number of aldehydes is 1. The number of thiophene rings is 1. The summed E-state index contributed by atoms with van der Waals surface area (Å²) in [5.41, 5.74) is 0.688. The molecule has 0 radical (unpaired) electrons. The third-order valence-electron chi connectivity index (χ3n) is 4.05. The molecule has 0 saturated heterocycles. The lowest BCUT2D eigenvalue weighted by Gasteiger charge is -2.36. The van der Waals surface area contributed by atoms with Crippen molar-refractivity contribution in [2.75, 3.05) is 0 Å². The van der Waals surface area contributed by atoms with E-state index >= 15 is 0 Å². The molecule has 4 heteroatoms. The number of hydrogen-bond acceptors (Lipinski definition) is 3. The Balaban J connectivity index is 2.55. The highest BCUT2D eigenvalue weighted by atomic mass is 32.1. The summed E-state index contributed by atoms with van der Waals surface area (Å²) in [5, 5.41) is 1.27. The number of carbonyl (C=O) groups is 1. The van der Waals surface area contributed by atoms with Crippen LogP contribution in [0.25, 0.3) is 10.1 Å². The summed E-state index contributed by atoms with van der Waals surface area (Å²) in [6.07, 6.45) is 0.896. The van der Waals surface area contributed by atoms with Gasteiger partial charge in [-0.2, -0.15) is 0 Å². The van der Waals surface area contributed by atoms with E-state index in [0.717, 1.165) is 22.1 Å². The van der Waals surface area contributed by atoms with Gasteiger partial charge in [0.2, 0.25) is 0 Å². The maximum atomic E-state index is 11.1. The van der Waals surface area contributed by atoms with Crippen LogP contribution in [0.15, 0.2) is 18.2 Å². The highest BCUT2D eigenvalue weighted by Gasteiger charge is 2.39. The van der Waals surface area contributed by atoms with Crippen LogP contribution in [0.4, 0.5) is 0 Å². The van der Waals surface area contributed by atoms with Crippen LogP contribution in [0.1, 0.15) is 36.0 Å². The monoisotopic (exact) mass is 306 g/mol. The van der Waals surface area contributed by atoms with Crippen molar-refractivity contribution in [2.24, 2.45) is 0 Å². The van der Waals surface area contributed by atoms with Crippen LogP contribution >= 0.6 is 11.3 Å². The predicted molar refractivity (Wildman–Crippen MR) is 89.8 cm³/mol. The van der Waals surface area contributed by atoms with Gasteiger partial charge in [-0.15, -0.1) is 11.3 Å². The van der Waals surface area contributed by atoms with E-state index in [-0.39, 0.29) is 5.04 Å². The van der Waals surface area contributed by atoms with Crippen molar-refractivity contribution in [3.63, 3.8) is 0 Å². The first-order valence-electron chi connectivity index (χ1n) is 6.82. The van der Waals surface area contributed by atoms with Crippen molar-refractivity contribution >= 4 is 36.0 Å². The van der Waals surface area contributed by atoms with Gasteiger partial charge in [0, 0.05) is 20.5 Å². The fourth-order valence-electron chi connectivity index (χ4n) is 1.83. The number of hydrogen-bond donors (Lipinski definition) is 0. The highest BCUT2D eigenvalue weighted by molar-refractivity contribution is 7.19. The third-order valence-corrected chi connectivity index (χ3v) is 9.39. The minimum atomic E-state index is -1.90. The molecule has 0 aliphatic heterocycles. The summed E-state index contributed by atoms with van der Waals surface area (Å²) in [6.45, 7) is 13.2. The molecule has 0 unspecified atom stereocenters. The first-order chi connectivity index (χ1) is 9.14. The molecular weight excluding hydrogens is 284 g/mol. The molecule has 1 aromatic carbocycles. The zero-order valence-electron chi connectivity index (χ0n) is 13.0. The van der Waals surface area contributed by atoms with Crippen LogP contribution in [0.2, 0.25) is 18.1 Å². The number of benzene rings is 1. The van der Waals surface area contributed by atoms with Crippen LogP contribution < -0.4 is 4.43 Å². The minimum absolute atomic E-state index is 0.140. The smallest absolute Gasteiger partial charge is 0.250 e. The fourth-order valence-corrected chi connectivity index (χ4v) is 3.85. The SMILES string of the molecule is Cc1cc2c(O[Si](C)(C)C(C)(C)C)cc(C=O)cc2s1. The maximum absolute atomic E-state index is 11.1. The zero-order valence-corrected chi connectivity index (χ0v) is 14.9. The molecule has 2 nitrogen and oxygen atoms in total. The van der Waals surface area contributed by atoms with Crippen molar-refractivity contribution in [2.45, 2.75) is 45.8 Å². The molecule has 0 fully saturated rings. The highest BCUT2D eigenvalue weighted by Crippen LogP contribution is 2.41. The number of aryl methyl sites for hydroxylation is 1. The van der Waals surface area contributed by atoms with E-state index in [2.05, 4.69) is 46.9 Å². The number of rotatable bonds is 3. The van der Waals surface area contributed by atoms with E-state index in [9.17, 15) is 4.79 Å². The van der Waals surface area contributed by atoms with Crippen molar-refractivity contribution in [3.8, 4) is 5.75 Å². The number of carbonyl (C=O) groups excluding carboxylic acids is 1. The Kier molecular flexibility index (Phi) is 3.82. The molecule has 20 heavy (non-hydrogen) atoms. The summed E-state index contributed by atoms with van der Waals surface area (Å²) < 4.78 is 7.55. The topological polar surface area (TPSA) is 26.3 Å². The van der Waals surface area contributed by atoms with E-state index in [1.165, 1.54) is 4.88 Å². The summed E-state index contributed by atoms with van der Waals surface area (Å²) >= 11 is 1.71. The second-order valence-corrected chi connectivity index (χ2v) is 12.8. The largest absolute Gasteiger partial charge is 0.543 e. The molecule has 0 bridgehead atoms. The van der Waals surface area contributed by atoms with Gasteiger partial charge < -0.3 is 4.43 Å². The lowest BCUT2D eigenvalue weighted by molar-refractivity contribution is 0.112. The Morgan fingerprint density at radius 2 is 1.85 bits per heavy atom. The normalized spacial score (nSPS) is 12.7. The standard InChI is InChI=1S/C16H22O2SSi/c1-11-7-13-14(18-20(5,6)16(2,3)4)8-12(10-17)9-15(13)19-11/h7-10H,1-6H3. The minimum Gasteiger partial charge on any atom is -0.543 e. The predicted octanol–water partition coefficient (Wildman–Crippen LogP) is 5.41. The lowest BCUT2D eigenvalue weighted by atomic mass is 10.1. The molecule has 0 aliphatic carbocycles. The molecular formula is C16H22O2SSi. The maximum Gasteiger partial charge on any atom is 0.250 e. The second-order valence-electron chi connectivity index (χ2n) is 6.77. The molecule has 0 spiro atoms. The van der Waals surface area contributed by atoms with Crippen LogP contribution in [0.5, 0.6) is 5.75 Å². The van der Waals surface area contributed by atoms with E-state index in [0.29, 0.717) is 5.56 Å². The van der Waals surface area contributed by atoms with Crippen LogP contribution in [-0.2, 0) is 0 Å². The van der Waals surface area contributed by atoms with Crippen molar-refractivity contribution in [3.05, 3.63) is 28.6 Å². The molecule has 0 atom stereocenters. The summed E-state index contributed by atoms with van der Waals surface area (Å²) in [6, 6.07) is 5.97. The Bertz CT molecular complexity index is 650. The molecule has 0 aliphatic rings. The van der Waals surface area contributed by atoms with Gasteiger partial charge in [0.15, 0.2) is 0 Å². The lowest BCUT2D eigenvalue weighted by Crippen LogP contribution is -2.43. The summed E-state index contributed by atoms with van der Waals surface area (Å²) in [7, 11) is -1.90. The van der Waals surface area contributed by atoms with Gasteiger partial charge in [0.05, 0.1) is 0 Å². The first kappa shape index (κ1) is 15.3. The molecule has 0 amide bonds. The third kappa shape index (κ3) is 2.81. The Hall–Kier alpha value is -1.13. The molecule has 108 valence electrons. The van der Waals surface area contributed by atoms with E-state index < -0.39 is 8.32 Å². The van der Waals surface area contributed by atoms with Gasteiger partial charge in [0.25, 0.3) is 8.32 Å². The van der Waals surface area contributed by atoms with Gasteiger partial charge in [-0.25, -0.2) is 0 Å². The van der Waals surface area contributed by atoms with Crippen LogP contribution in [0, 0.1) is 6.92 Å². The van der Waals surface area contributed by atoms with Crippen molar-refractivity contribution in [1.82, 2.24) is 0 Å². The molecule has 2 aromatic rings. The Morgan fingerprint density at radius 3 is 2.40 bits per heavy atom. The average Bonchev–Trinajstić information content (AvgIpc) is 2.67. The van der Waals surface area contributed by atoms with E-state index in [1.807, 2.05) is 12.1 Å². The van der Waals surface area contributed by atoms with Crippen LogP contribution in [0.3, 0.4) is 0 Å².